The number of nitrogens with two attached hydrogens (primary N) is 1. The predicted octanol–water partition coefficient (Wildman–Crippen LogP) is 3.77. The quantitative estimate of drug-likeness (QED) is 0.516. The van der Waals surface area contributed by atoms with Crippen LogP contribution in [0.5, 0.6) is 0 Å². The maximum Gasteiger partial charge on any atom is 0.248 e. The van der Waals surface area contributed by atoms with Gasteiger partial charge in [-0.15, -0.1) is 0 Å². The first-order valence-electron chi connectivity index (χ1n) is 12.5. The molecule has 0 radical (unpaired) electrons. The van der Waals surface area contributed by atoms with Crippen LogP contribution in [0.3, 0.4) is 0 Å². The molecule has 36 heavy (non-hydrogen) atoms. The van der Waals surface area contributed by atoms with Crippen molar-refractivity contribution in [1.82, 2.24) is 24.4 Å². The molecule has 0 aliphatic carbocycles. The Bertz CT molecular complexity index is 1230. The van der Waals surface area contributed by atoms with E-state index in [2.05, 4.69) is 28.4 Å². The van der Waals surface area contributed by atoms with E-state index >= 15 is 0 Å². The second kappa shape index (κ2) is 10.9. The second-order valence-corrected chi connectivity index (χ2v) is 9.79. The molecule has 1 aliphatic rings. The molecule has 0 unspecified atom stereocenters. The fraction of sp³-hybridized carbons (Fsp3) is 0.444. The summed E-state index contributed by atoms with van der Waals surface area (Å²) >= 11 is 0. The number of aromatic nitrogens is 4. The number of hydrogen-bond donors (Lipinski definition) is 1. The molecular formula is C27H35N7O2. The van der Waals surface area contributed by atoms with Crippen molar-refractivity contribution >= 4 is 17.8 Å². The van der Waals surface area contributed by atoms with Crippen LogP contribution in [0.2, 0.25) is 0 Å². The molecule has 0 spiro atoms. The highest BCUT2D eigenvalue weighted by atomic mass is 16.2. The number of piperidine rings is 1. The summed E-state index contributed by atoms with van der Waals surface area (Å²) in [5, 5.41) is 0. The van der Waals surface area contributed by atoms with Gasteiger partial charge in [-0.1, -0.05) is 26.0 Å². The number of anilines is 1. The summed E-state index contributed by atoms with van der Waals surface area (Å²) in [5.74, 6) is 1.48. The van der Waals surface area contributed by atoms with Crippen molar-refractivity contribution < 1.29 is 9.59 Å². The van der Waals surface area contributed by atoms with E-state index in [1.807, 2.05) is 36.2 Å². The SMILES string of the molecule is CC(C)c1nccn1CCC(=O)N1CCCC[C@H]1c1nc(N(C)C)ncc1-c1cccc(C(N)=O)c1. The maximum absolute atomic E-state index is 13.5. The first-order chi connectivity index (χ1) is 17.3. The van der Waals surface area contributed by atoms with E-state index in [0.717, 1.165) is 41.9 Å². The molecule has 1 atom stereocenters. The van der Waals surface area contributed by atoms with E-state index in [9.17, 15) is 9.59 Å². The van der Waals surface area contributed by atoms with Crippen LogP contribution in [-0.2, 0) is 11.3 Å². The number of hydrogen-bond acceptors (Lipinski definition) is 6. The van der Waals surface area contributed by atoms with Crippen LogP contribution in [0.1, 0.15) is 73.4 Å². The van der Waals surface area contributed by atoms with Crippen LogP contribution in [0.25, 0.3) is 11.1 Å². The Hall–Kier alpha value is -3.75. The average molecular weight is 490 g/mol. The number of primary amides is 1. The van der Waals surface area contributed by atoms with Crippen LogP contribution in [0, 0.1) is 0 Å². The van der Waals surface area contributed by atoms with Crippen LogP contribution >= 0.6 is 0 Å². The van der Waals surface area contributed by atoms with Gasteiger partial charge in [0.05, 0.1) is 11.7 Å². The summed E-state index contributed by atoms with van der Waals surface area (Å²) in [7, 11) is 3.79. The zero-order valence-corrected chi connectivity index (χ0v) is 21.5. The van der Waals surface area contributed by atoms with Gasteiger partial charge in [0, 0.05) is 69.2 Å². The molecule has 2 N–H and O–H groups in total. The summed E-state index contributed by atoms with van der Waals surface area (Å²) in [6.07, 6.45) is 8.70. The molecule has 3 heterocycles. The van der Waals surface area contributed by atoms with Crippen molar-refractivity contribution in [2.24, 2.45) is 5.73 Å². The number of imidazole rings is 1. The highest BCUT2D eigenvalue weighted by Gasteiger charge is 2.31. The van der Waals surface area contributed by atoms with Gasteiger partial charge in [-0.25, -0.2) is 15.0 Å². The topological polar surface area (TPSA) is 110 Å². The van der Waals surface area contributed by atoms with Gasteiger partial charge < -0.3 is 20.1 Å². The van der Waals surface area contributed by atoms with E-state index in [1.54, 1.807) is 30.6 Å². The normalized spacial score (nSPS) is 15.8. The number of likely N-dealkylation sites (tertiary alicyclic amines) is 1. The smallest absolute Gasteiger partial charge is 0.248 e. The lowest BCUT2D eigenvalue weighted by Crippen LogP contribution is -2.39. The van der Waals surface area contributed by atoms with E-state index in [-0.39, 0.29) is 11.9 Å². The molecule has 1 fully saturated rings. The lowest BCUT2D eigenvalue weighted by atomic mass is 9.93. The van der Waals surface area contributed by atoms with Crippen molar-refractivity contribution in [1.29, 1.82) is 0 Å². The molecule has 9 nitrogen and oxygen atoms in total. The Morgan fingerprint density at radius 2 is 2.00 bits per heavy atom. The summed E-state index contributed by atoms with van der Waals surface area (Å²) in [4.78, 5) is 43.1. The van der Waals surface area contributed by atoms with Crippen LogP contribution < -0.4 is 10.6 Å². The largest absolute Gasteiger partial charge is 0.366 e. The standard InChI is InChI=1S/C27H35N7O2/c1-18(2)26-29-12-15-33(26)14-11-23(35)34-13-6-5-10-22(34)24-21(17-30-27(31-24)32(3)4)19-8-7-9-20(16-19)25(28)36/h7-9,12,15-18,22H,5-6,10-11,13-14H2,1-4H3,(H2,28,36)/t22-/m0/s1. The highest BCUT2D eigenvalue weighted by molar-refractivity contribution is 5.94. The minimum Gasteiger partial charge on any atom is -0.366 e. The Morgan fingerprint density at radius 1 is 1.19 bits per heavy atom. The minimum atomic E-state index is -0.487. The molecular weight excluding hydrogens is 454 g/mol. The third kappa shape index (κ3) is 5.40. The Balaban J connectivity index is 1.67. The maximum atomic E-state index is 13.5. The zero-order valence-electron chi connectivity index (χ0n) is 21.5. The van der Waals surface area contributed by atoms with Gasteiger partial charge in [0.2, 0.25) is 17.8 Å². The molecule has 9 heteroatoms. The van der Waals surface area contributed by atoms with Gasteiger partial charge in [-0.05, 0) is 37.0 Å². The molecule has 1 aromatic carbocycles. The van der Waals surface area contributed by atoms with E-state index in [4.69, 9.17) is 10.7 Å². The molecule has 0 bridgehead atoms. The summed E-state index contributed by atoms with van der Waals surface area (Å²) in [6.45, 7) is 5.49. The number of amides is 2. The molecule has 3 aromatic rings. The zero-order chi connectivity index (χ0) is 25.8. The van der Waals surface area contributed by atoms with Gasteiger partial charge in [-0.3, -0.25) is 9.59 Å². The van der Waals surface area contributed by atoms with Gasteiger partial charge in [-0.2, -0.15) is 0 Å². The van der Waals surface area contributed by atoms with Crippen molar-refractivity contribution in [3.05, 3.63) is 59.9 Å². The number of carbonyl (C=O) groups is 2. The predicted molar refractivity (Wildman–Crippen MR) is 140 cm³/mol. The van der Waals surface area contributed by atoms with E-state index < -0.39 is 5.91 Å². The molecule has 190 valence electrons. The Labute approximate surface area is 212 Å². The summed E-state index contributed by atoms with van der Waals surface area (Å²) in [6, 6.07) is 7.01. The van der Waals surface area contributed by atoms with Gasteiger partial charge in [0.1, 0.15) is 5.82 Å². The van der Waals surface area contributed by atoms with Crippen molar-refractivity contribution in [3.63, 3.8) is 0 Å². The summed E-state index contributed by atoms with van der Waals surface area (Å²) in [5.41, 5.74) is 8.38. The molecule has 1 aliphatic heterocycles. The van der Waals surface area contributed by atoms with Crippen LogP contribution in [0.15, 0.2) is 42.9 Å². The molecule has 4 rings (SSSR count). The van der Waals surface area contributed by atoms with Gasteiger partial charge in [0.25, 0.3) is 0 Å². The second-order valence-electron chi connectivity index (χ2n) is 9.79. The summed E-state index contributed by atoms with van der Waals surface area (Å²) < 4.78 is 2.07. The lowest BCUT2D eigenvalue weighted by Gasteiger charge is -2.36. The van der Waals surface area contributed by atoms with Crippen LogP contribution in [0.4, 0.5) is 5.95 Å². The molecule has 0 saturated carbocycles. The number of nitrogens with zero attached hydrogens (tertiary/aromatic N) is 6. The Morgan fingerprint density at radius 3 is 2.72 bits per heavy atom. The minimum absolute atomic E-state index is 0.102. The highest BCUT2D eigenvalue weighted by Crippen LogP contribution is 2.37. The van der Waals surface area contributed by atoms with Crippen LogP contribution in [-0.4, -0.2) is 56.9 Å². The van der Waals surface area contributed by atoms with Crippen molar-refractivity contribution in [2.45, 2.75) is 58.0 Å². The van der Waals surface area contributed by atoms with Crippen molar-refractivity contribution in [3.8, 4) is 11.1 Å². The first kappa shape index (κ1) is 25.3. The molecule has 2 amide bonds. The third-order valence-corrected chi connectivity index (χ3v) is 6.63. The van der Waals surface area contributed by atoms with Gasteiger partial charge >= 0.3 is 0 Å². The van der Waals surface area contributed by atoms with E-state index in [0.29, 0.717) is 36.9 Å². The fourth-order valence-corrected chi connectivity index (χ4v) is 4.80. The van der Waals surface area contributed by atoms with E-state index in [1.165, 1.54) is 0 Å². The average Bonchev–Trinajstić information content (AvgIpc) is 3.36. The molecule has 1 saturated heterocycles. The number of rotatable bonds is 8. The number of carbonyl (C=O) groups excluding carboxylic acids is 2. The van der Waals surface area contributed by atoms with Gasteiger partial charge in [0.15, 0.2) is 0 Å². The monoisotopic (exact) mass is 489 g/mol. The van der Waals surface area contributed by atoms with Crippen molar-refractivity contribution in [2.75, 3.05) is 25.5 Å². The lowest BCUT2D eigenvalue weighted by molar-refractivity contribution is -0.135. The Kier molecular flexibility index (Phi) is 7.67. The molecule has 2 aromatic heterocycles. The number of benzene rings is 1. The third-order valence-electron chi connectivity index (χ3n) is 6.63. The number of aryl methyl sites for hydroxylation is 1. The fourth-order valence-electron chi connectivity index (χ4n) is 4.80. The first-order valence-corrected chi connectivity index (χ1v) is 12.5.